The number of benzene rings is 1. The van der Waals surface area contributed by atoms with Crippen molar-refractivity contribution in [3.8, 4) is 5.75 Å². The van der Waals surface area contributed by atoms with Gasteiger partial charge in [-0.3, -0.25) is 15.2 Å². The minimum absolute atomic E-state index is 0.0807. The number of likely N-dealkylation sites (tertiary alicyclic amines) is 1. The summed E-state index contributed by atoms with van der Waals surface area (Å²) >= 11 is 0. The number of hydrogen-bond acceptors (Lipinski definition) is 5. The van der Waals surface area contributed by atoms with Crippen LogP contribution in [0.4, 0.5) is 0 Å². The van der Waals surface area contributed by atoms with E-state index in [4.69, 9.17) is 4.74 Å². The van der Waals surface area contributed by atoms with Crippen LogP contribution in [0.25, 0.3) is 0 Å². The van der Waals surface area contributed by atoms with Crippen LogP contribution in [0, 0.1) is 5.92 Å². The molecule has 1 aromatic carbocycles. The van der Waals surface area contributed by atoms with Crippen LogP contribution >= 0.6 is 0 Å². The van der Waals surface area contributed by atoms with Crippen LogP contribution in [0.1, 0.15) is 28.4 Å². The monoisotopic (exact) mass is 338 g/mol. The molecule has 3 unspecified atom stereocenters. The van der Waals surface area contributed by atoms with Gasteiger partial charge in [-0.05, 0) is 36.2 Å². The fourth-order valence-electron chi connectivity index (χ4n) is 3.83. The molecule has 4 rings (SSSR count). The van der Waals surface area contributed by atoms with Gasteiger partial charge in [0.05, 0.1) is 13.2 Å². The third-order valence-electron chi connectivity index (χ3n) is 5.18. The van der Waals surface area contributed by atoms with Crippen LogP contribution in [0.15, 0.2) is 48.8 Å². The topological polar surface area (TPSA) is 66.5 Å². The standard InChI is InChI=1S/C19H22N4O2/c1-25-15-4-2-3-14(11-15)18-16-12-23(10-7-17(16)21-22-18)19(24)13-5-8-20-9-6-13/h2-6,8-9,11,16-18,21-22H,7,10,12H2,1H3. The van der Waals surface area contributed by atoms with Crippen molar-refractivity contribution in [1.29, 1.82) is 0 Å². The smallest absolute Gasteiger partial charge is 0.253 e. The predicted molar refractivity (Wildman–Crippen MR) is 94.0 cm³/mol. The van der Waals surface area contributed by atoms with Gasteiger partial charge in [-0.2, -0.15) is 0 Å². The molecule has 6 nitrogen and oxygen atoms in total. The van der Waals surface area contributed by atoms with Gasteiger partial charge in [0.2, 0.25) is 0 Å². The molecule has 2 fully saturated rings. The zero-order valence-corrected chi connectivity index (χ0v) is 14.2. The number of rotatable bonds is 3. The van der Waals surface area contributed by atoms with Crippen molar-refractivity contribution < 1.29 is 9.53 Å². The van der Waals surface area contributed by atoms with E-state index in [1.807, 2.05) is 17.0 Å². The Morgan fingerprint density at radius 3 is 2.88 bits per heavy atom. The van der Waals surface area contributed by atoms with Crippen molar-refractivity contribution in [2.24, 2.45) is 5.92 Å². The Bertz CT molecular complexity index is 752. The maximum absolute atomic E-state index is 12.8. The van der Waals surface area contributed by atoms with Gasteiger partial charge in [-0.15, -0.1) is 0 Å². The van der Waals surface area contributed by atoms with E-state index >= 15 is 0 Å². The molecule has 6 heteroatoms. The number of nitrogens with zero attached hydrogens (tertiary/aromatic N) is 2. The third kappa shape index (κ3) is 3.10. The number of ether oxygens (including phenoxy) is 1. The Hall–Kier alpha value is -2.44. The van der Waals surface area contributed by atoms with Crippen molar-refractivity contribution in [3.05, 3.63) is 59.9 Å². The number of piperidine rings is 1. The van der Waals surface area contributed by atoms with Gasteiger partial charge in [0.1, 0.15) is 5.75 Å². The van der Waals surface area contributed by atoms with Crippen molar-refractivity contribution in [2.75, 3.05) is 20.2 Å². The summed E-state index contributed by atoms with van der Waals surface area (Å²) in [6.07, 6.45) is 4.27. The van der Waals surface area contributed by atoms with Gasteiger partial charge in [-0.1, -0.05) is 12.1 Å². The largest absolute Gasteiger partial charge is 0.497 e. The maximum atomic E-state index is 12.8. The quantitative estimate of drug-likeness (QED) is 0.893. The van der Waals surface area contributed by atoms with E-state index in [9.17, 15) is 4.79 Å². The molecule has 1 amide bonds. The molecule has 2 aliphatic heterocycles. The maximum Gasteiger partial charge on any atom is 0.253 e. The third-order valence-corrected chi connectivity index (χ3v) is 5.18. The lowest BCUT2D eigenvalue weighted by Gasteiger charge is -2.36. The second kappa shape index (κ2) is 6.82. The first-order valence-corrected chi connectivity index (χ1v) is 8.60. The lowest BCUT2D eigenvalue weighted by Crippen LogP contribution is -2.47. The van der Waals surface area contributed by atoms with E-state index in [0.717, 1.165) is 25.3 Å². The van der Waals surface area contributed by atoms with E-state index in [0.29, 0.717) is 17.5 Å². The summed E-state index contributed by atoms with van der Waals surface area (Å²) < 4.78 is 5.35. The number of nitrogens with one attached hydrogen (secondary N) is 2. The number of amides is 1. The minimum atomic E-state index is 0.0807. The molecule has 130 valence electrons. The molecular formula is C19H22N4O2. The first kappa shape index (κ1) is 16.1. The number of aromatic nitrogens is 1. The van der Waals surface area contributed by atoms with Gasteiger partial charge < -0.3 is 9.64 Å². The summed E-state index contributed by atoms with van der Waals surface area (Å²) in [5, 5.41) is 0. The zero-order chi connectivity index (χ0) is 17.2. The number of hydrogen-bond donors (Lipinski definition) is 2. The molecule has 2 saturated heterocycles. The van der Waals surface area contributed by atoms with Gasteiger partial charge in [0.15, 0.2) is 0 Å². The van der Waals surface area contributed by atoms with E-state index in [1.165, 1.54) is 5.56 Å². The first-order chi connectivity index (χ1) is 12.3. The highest BCUT2D eigenvalue weighted by molar-refractivity contribution is 5.94. The summed E-state index contributed by atoms with van der Waals surface area (Å²) in [7, 11) is 1.68. The number of fused-ring (bicyclic) bond motifs is 1. The Labute approximate surface area is 147 Å². The molecule has 2 N–H and O–H groups in total. The average Bonchev–Trinajstić information content (AvgIpc) is 3.11. The Kier molecular flexibility index (Phi) is 4.38. The number of hydrazine groups is 1. The van der Waals surface area contributed by atoms with E-state index in [-0.39, 0.29) is 11.9 Å². The molecule has 3 heterocycles. The molecule has 0 bridgehead atoms. The lowest BCUT2D eigenvalue weighted by molar-refractivity contribution is 0.0652. The summed E-state index contributed by atoms with van der Waals surface area (Å²) in [5.74, 6) is 1.26. The molecule has 2 aromatic rings. The zero-order valence-electron chi connectivity index (χ0n) is 14.2. The van der Waals surface area contributed by atoms with Crippen LogP contribution in [0.2, 0.25) is 0 Å². The van der Waals surface area contributed by atoms with Crippen LogP contribution < -0.4 is 15.6 Å². The number of methoxy groups -OCH3 is 1. The Morgan fingerprint density at radius 1 is 1.24 bits per heavy atom. The molecular weight excluding hydrogens is 316 g/mol. The Balaban J connectivity index is 1.53. The number of carbonyl (C=O) groups excluding carboxylic acids is 1. The summed E-state index contributed by atoms with van der Waals surface area (Å²) in [5.41, 5.74) is 8.69. The fraction of sp³-hybridized carbons (Fsp3) is 0.368. The second-order valence-corrected chi connectivity index (χ2v) is 6.59. The van der Waals surface area contributed by atoms with Crippen molar-refractivity contribution in [2.45, 2.75) is 18.5 Å². The van der Waals surface area contributed by atoms with Crippen molar-refractivity contribution in [1.82, 2.24) is 20.7 Å². The predicted octanol–water partition coefficient (Wildman–Crippen LogP) is 1.77. The summed E-state index contributed by atoms with van der Waals surface area (Å²) in [4.78, 5) is 18.7. The minimum Gasteiger partial charge on any atom is -0.497 e. The molecule has 3 atom stereocenters. The van der Waals surface area contributed by atoms with Crippen LogP contribution in [0.3, 0.4) is 0 Å². The van der Waals surface area contributed by atoms with Crippen LogP contribution in [-0.4, -0.2) is 42.0 Å². The summed E-state index contributed by atoms with van der Waals surface area (Å²) in [6.45, 7) is 1.50. The van der Waals surface area contributed by atoms with Crippen LogP contribution in [0.5, 0.6) is 5.75 Å². The fourth-order valence-corrected chi connectivity index (χ4v) is 3.83. The highest BCUT2D eigenvalue weighted by Crippen LogP contribution is 2.35. The molecule has 2 aliphatic rings. The Morgan fingerprint density at radius 2 is 2.08 bits per heavy atom. The highest BCUT2D eigenvalue weighted by atomic mass is 16.5. The van der Waals surface area contributed by atoms with Crippen molar-refractivity contribution in [3.63, 3.8) is 0 Å². The lowest BCUT2D eigenvalue weighted by atomic mass is 9.85. The normalized spacial score (nSPS) is 25.5. The molecule has 0 spiro atoms. The summed E-state index contributed by atoms with van der Waals surface area (Å²) in [6, 6.07) is 12.2. The molecule has 0 saturated carbocycles. The van der Waals surface area contributed by atoms with Gasteiger partial charge in [0.25, 0.3) is 5.91 Å². The molecule has 0 aliphatic carbocycles. The number of pyridine rings is 1. The van der Waals surface area contributed by atoms with Gasteiger partial charge >= 0.3 is 0 Å². The molecule has 25 heavy (non-hydrogen) atoms. The van der Waals surface area contributed by atoms with Gasteiger partial charge in [-0.25, -0.2) is 5.43 Å². The van der Waals surface area contributed by atoms with E-state index in [1.54, 1.807) is 31.6 Å². The first-order valence-electron chi connectivity index (χ1n) is 8.60. The average molecular weight is 338 g/mol. The van der Waals surface area contributed by atoms with Crippen molar-refractivity contribution >= 4 is 5.91 Å². The van der Waals surface area contributed by atoms with Crippen LogP contribution in [-0.2, 0) is 0 Å². The van der Waals surface area contributed by atoms with E-state index in [2.05, 4.69) is 28.0 Å². The SMILES string of the molecule is COc1cccc(C2NNC3CCN(C(=O)c4ccncc4)CC32)c1. The number of carbonyl (C=O) groups is 1. The van der Waals surface area contributed by atoms with E-state index < -0.39 is 0 Å². The molecule has 1 aromatic heterocycles. The highest BCUT2D eigenvalue weighted by Gasteiger charge is 2.41. The second-order valence-electron chi connectivity index (χ2n) is 6.59. The van der Waals surface area contributed by atoms with Gasteiger partial charge in [0, 0.05) is 43.0 Å². The molecule has 0 radical (unpaired) electrons.